The minimum Gasteiger partial charge on any atom is -0.394 e. The van der Waals surface area contributed by atoms with Gasteiger partial charge in [0.25, 0.3) is 5.56 Å². The fraction of sp³-hybridized carbons (Fsp3) is 0.500. The maximum atomic E-state index is 12.4. The number of imidazole rings is 1. The Kier molecular flexibility index (Phi) is 7.53. The lowest BCUT2D eigenvalue weighted by Crippen LogP contribution is -2.49. The first-order valence-corrected chi connectivity index (χ1v) is 9.86. The summed E-state index contributed by atoms with van der Waals surface area (Å²) in [5.74, 6) is -0.990. The van der Waals surface area contributed by atoms with E-state index in [4.69, 9.17) is 10.5 Å². The molecule has 0 bridgehead atoms. The molecule has 2 aromatic heterocycles. The molecular weight excluding hydrogens is 426 g/mol. The SMILES string of the molecule is NC(Cc1cnc[nH]1)C(=O)NCCC(=O)NC1[C@@H](O)[C@@H](CO)O[C@H]1n1ccc(=O)[nH]c1=O. The summed E-state index contributed by atoms with van der Waals surface area (Å²) < 4.78 is 6.50. The highest BCUT2D eigenvalue weighted by atomic mass is 16.5. The van der Waals surface area contributed by atoms with Crippen LogP contribution in [0.15, 0.2) is 34.4 Å². The average molecular weight is 451 g/mol. The van der Waals surface area contributed by atoms with E-state index in [1.807, 2.05) is 0 Å². The first-order chi connectivity index (χ1) is 15.3. The van der Waals surface area contributed by atoms with Crippen molar-refractivity contribution in [2.75, 3.05) is 13.2 Å². The van der Waals surface area contributed by atoms with Crippen molar-refractivity contribution >= 4 is 11.8 Å². The number of nitrogens with two attached hydrogens (primary N) is 1. The molecule has 0 radical (unpaired) electrons. The number of amides is 2. The molecule has 2 aromatic rings. The van der Waals surface area contributed by atoms with Crippen molar-refractivity contribution in [3.8, 4) is 0 Å². The molecule has 5 atom stereocenters. The Hall–Kier alpha value is -3.33. The molecule has 8 N–H and O–H groups in total. The third-order valence-corrected chi connectivity index (χ3v) is 4.99. The maximum Gasteiger partial charge on any atom is 0.330 e. The van der Waals surface area contributed by atoms with Crippen molar-refractivity contribution in [2.24, 2.45) is 5.73 Å². The van der Waals surface area contributed by atoms with Gasteiger partial charge in [-0.25, -0.2) is 9.78 Å². The number of hydrogen-bond donors (Lipinski definition) is 7. The van der Waals surface area contributed by atoms with E-state index in [-0.39, 0.29) is 19.4 Å². The van der Waals surface area contributed by atoms with E-state index < -0.39 is 60.2 Å². The molecule has 14 nitrogen and oxygen atoms in total. The van der Waals surface area contributed by atoms with Crippen molar-refractivity contribution in [1.29, 1.82) is 0 Å². The molecule has 174 valence electrons. The number of nitrogens with one attached hydrogen (secondary N) is 4. The largest absolute Gasteiger partial charge is 0.394 e. The normalized spacial score (nSPS) is 23.6. The summed E-state index contributed by atoms with van der Waals surface area (Å²) in [6.45, 7) is -0.565. The number of rotatable bonds is 9. The number of aliphatic hydroxyl groups excluding tert-OH is 2. The van der Waals surface area contributed by atoms with Gasteiger partial charge in [0.1, 0.15) is 18.2 Å². The van der Waals surface area contributed by atoms with Gasteiger partial charge < -0.3 is 36.3 Å². The van der Waals surface area contributed by atoms with Crippen LogP contribution in [0.4, 0.5) is 0 Å². The summed E-state index contributed by atoms with van der Waals surface area (Å²) in [6, 6.07) is -0.823. The van der Waals surface area contributed by atoms with Gasteiger partial charge in [-0.3, -0.25) is 23.9 Å². The van der Waals surface area contributed by atoms with E-state index in [2.05, 4.69) is 25.6 Å². The molecule has 0 saturated carbocycles. The molecule has 14 heteroatoms. The Balaban J connectivity index is 1.56. The maximum absolute atomic E-state index is 12.4. The molecule has 0 aromatic carbocycles. The summed E-state index contributed by atoms with van der Waals surface area (Å²) in [6.07, 6.45) is 0.784. The smallest absolute Gasteiger partial charge is 0.330 e. The standard InChI is InChI=1S/C18H25N7O7/c19-10(5-9-6-20-8-22-9)16(30)21-3-1-12(27)23-14-15(29)11(7-26)32-17(14)25-4-2-13(28)24-18(25)31/h2,4,6,8,10-11,14-15,17,26,29H,1,3,5,7,19H2,(H,20,22)(H,21,30)(H,23,27)(H,24,28,31)/t10?,11-,14?,15+,17-/m1/s1. The number of hydrogen-bond acceptors (Lipinski definition) is 9. The second-order valence-electron chi connectivity index (χ2n) is 7.28. The third-order valence-electron chi connectivity index (χ3n) is 4.99. The molecule has 2 amide bonds. The van der Waals surface area contributed by atoms with Crippen LogP contribution in [0, 0.1) is 0 Å². The van der Waals surface area contributed by atoms with Gasteiger partial charge in [-0.1, -0.05) is 0 Å². The third kappa shape index (κ3) is 5.47. The number of carbonyl (C=O) groups is 2. The van der Waals surface area contributed by atoms with Gasteiger partial charge in [-0.15, -0.1) is 0 Å². The number of ether oxygens (including phenoxy) is 1. The Labute approximate surface area is 180 Å². The molecule has 32 heavy (non-hydrogen) atoms. The molecule has 1 saturated heterocycles. The number of aromatic amines is 2. The monoisotopic (exact) mass is 451 g/mol. The van der Waals surface area contributed by atoms with Crippen LogP contribution in [0.1, 0.15) is 18.3 Å². The predicted octanol–water partition coefficient (Wildman–Crippen LogP) is -3.93. The van der Waals surface area contributed by atoms with Gasteiger partial charge in [-0.2, -0.15) is 0 Å². The number of aromatic nitrogens is 4. The van der Waals surface area contributed by atoms with Crippen molar-refractivity contribution < 1.29 is 24.5 Å². The molecule has 3 heterocycles. The van der Waals surface area contributed by atoms with Crippen molar-refractivity contribution in [3.05, 3.63) is 51.3 Å². The fourth-order valence-electron chi connectivity index (χ4n) is 3.33. The van der Waals surface area contributed by atoms with Gasteiger partial charge in [0.15, 0.2) is 6.23 Å². The molecule has 2 unspecified atom stereocenters. The fourth-order valence-corrected chi connectivity index (χ4v) is 3.33. The average Bonchev–Trinajstić information content (AvgIpc) is 3.36. The van der Waals surface area contributed by atoms with Crippen LogP contribution in [-0.4, -0.2) is 79.0 Å². The van der Waals surface area contributed by atoms with Crippen LogP contribution >= 0.6 is 0 Å². The molecule has 1 fully saturated rings. The molecule has 0 aliphatic carbocycles. The summed E-state index contributed by atoms with van der Waals surface area (Å²) in [5, 5.41) is 24.9. The molecule has 0 spiro atoms. The van der Waals surface area contributed by atoms with Crippen LogP contribution in [0.25, 0.3) is 0 Å². The summed E-state index contributed by atoms with van der Waals surface area (Å²) >= 11 is 0. The van der Waals surface area contributed by atoms with Crippen LogP contribution in [-0.2, 0) is 20.7 Å². The minimum atomic E-state index is -1.31. The Bertz CT molecular complexity index is 1030. The zero-order valence-electron chi connectivity index (χ0n) is 16.9. The lowest BCUT2D eigenvalue weighted by molar-refractivity contribution is -0.124. The van der Waals surface area contributed by atoms with Crippen molar-refractivity contribution in [1.82, 2.24) is 30.2 Å². The van der Waals surface area contributed by atoms with E-state index in [9.17, 15) is 29.4 Å². The zero-order chi connectivity index (χ0) is 23.3. The van der Waals surface area contributed by atoms with E-state index in [0.717, 1.165) is 10.6 Å². The second-order valence-corrected chi connectivity index (χ2v) is 7.28. The number of aliphatic hydroxyl groups is 2. The molecule has 3 rings (SSSR count). The van der Waals surface area contributed by atoms with Gasteiger partial charge in [0, 0.05) is 43.5 Å². The zero-order valence-corrected chi connectivity index (χ0v) is 16.9. The number of carbonyl (C=O) groups excluding carboxylic acids is 2. The summed E-state index contributed by atoms with van der Waals surface area (Å²) in [4.78, 5) is 56.6. The van der Waals surface area contributed by atoms with E-state index in [1.54, 1.807) is 6.20 Å². The quantitative estimate of drug-likeness (QED) is 0.198. The Morgan fingerprint density at radius 3 is 2.81 bits per heavy atom. The lowest BCUT2D eigenvalue weighted by Gasteiger charge is -2.23. The highest BCUT2D eigenvalue weighted by Crippen LogP contribution is 2.28. The number of nitrogens with zero attached hydrogens (tertiary/aromatic N) is 2. The van der Waals surface area contributed by atoms with Crippen LogP contribution < -0.4 is 27.6 Å². The number of H-pyrrole nitrogens is 2. The topological polar surface area (TPSA) is 217 Å². The Morgan fingerprint density at radius 1 is 1.38 bits per heavy atom. The van der Waals surface area contributed by atoms with Crippen molar-refractivity contribution in [3.63, 3.8) is 0 Å². The van der Waals surface area contributed by atoms with Gasteiger partial charge >= 0.3 is 5.69 Å². The van der Waals surface area contributed by atoms with Crippen molar-refractivity contribution in [2.45, 2.75) is 43.4 Å². The highest BCUT2D eigenvalue weighted by Gasteiger charge is 2.45. The summed E-state index contributed by atoms with van der Waals surface area (Å²) in [5.41, 5.74) is 5.10. The van der Waals surface area contributed by atoms with Gasteiger partial charge in [-0.05, 0) is 0 Å². The van der Waals surface area contributed by atoms with Crippen LogP contribution in [0.2, 0.25) is 0 Å². The first kappa shape index (κ1) is 23.3. The molecular formula is C18H25N7O7. The highest BCUT2D eigenvalue weighted by molar-refractivity contribution is 5.82. The lowest BCUT2D eigenvalue weighted by atomic mass is 10.1. The van der Waals surface area contributed by atoms with Gasteiger partial charge in [0.05, 0.1) is 19.0 Å². The second kappa shape index (κ2) is 10.3. The van der Waals surface area contributed by atoms with Gasteiger partial charge in [0.2, 0.25) is 11.8 Å². The van der Waals surface area contributed by atoms with Crippen LogP contribution in [0.5, 0.6) is 0 Å². The van der Waals surface area contributed by atoms with E-state index in [0.29, 0.717) is 5.69 Å². The first-order valence-electron chi connectivity index (χ1n) is 9.86. The van der Waals surface area contributed by atoms with Crippen LogP contribution in [0.3, 0.4) is 0 Å². The Morgan fingerprint density at radius 2 is 2.16 bits per heavy atom. The molecule has 1 aliphatic rings. The van der Waals surface area contributed by atoms with E-state index >= 15 is 0 Å². The van der Waals surface area contributed by atoms with E-state index in [1.165, 1.54) is 12.5 Å². The predicted molar refractivity (Wildman–Crippen MR) is 108 cm³/mol. The minimum absolute atomic E-state index is 0.0162. The molecule has 1 aliphatic heterocycles. The summed E-state index contributed by atoms with van der Waals surface area (Å²) in [7, 11) is 0.